The molecule has 0 fully saturated rings. The van der Waals surface area contributed by atoms with Crippen LogP contribution in [0.25, 0.3) is 21.8 Å². The molecule has 2 atom stereocenters. The van der Waals surface area contributed by atoms with Gasteiger partial charge in [0.15, 0.2) is 0 Å². The van der Waals surface area contributed by atoms with Crippen molar-refractivity contribution in [1.82, 2.24) is 15.3 Å². The number of nitrogens with one attached hydrogen (secondary N) is 2. The molecular weight excluding hydrogens is 326 g/mol. The Balaban J connectivity index is 1.99. The van der Waals surface area contributed by atoms with Crippen LogP contribution in [0.15, 0.2) is 54.8 Å². The number of phenolic OH excluding ortho intramolecular Hbond substituents is 1. The minimum atomic E-state index is -0.442. The molecule has 0 aliphatic heterocycles. The monoisotopic (exact) mass is 347 g/mol. The number of hydrogen-bond acceptors (Lipinski definition) is 3. The van der Waals surface area contributed by atoms with Gasteiger partial charge in [-0.2, -0.15) is 0 Å². The van der Waals surface area contributed by atoms with Crippen LogP contribution in [-0.2, 0) is 10.2 Å². The van der Waals surface area contributed by atoms with Crippen LogP contribution in [0, 0.1) is 0 Å². The Bertz CT molecular complexity index is 1060. The summed E-state index contributed by atoms with van der Waals surface area (Å²) >= 11 is 0. The quantitative estimate of drug-likeness (QED) is 0.676. The number of benzene rings is 1. The molecule has 1 aromatic carbocycles. The summed E-state index contributed by atoms with van der Waals surface area (Å²) in [5, 5.41) is 14.9. The highest BCUT2D eigenvalue weighted by Crippen LogP contribution is 2.40. The summed E-state index contributed by atoms with van der Waals surface area (Å²) in [5.41, 5.74) is 2.34. The summed E-state index contributed by atoms with van der Waals surface area (Å²) in [6.45, 7) is 3.64. The SMILES string of the molecule is CC[C@@]1(c2nccc3c2[nH]c2ccc(O)cc23)C=CC=CC1NC(C)=O. The zero-order valence-corrected chi connectivity index (χ0v) is 14.8. The topological polar surface area (TPSA) is 78.0 Å². The van der Waals surface area contributed by atoms with E-state index in [1.807, 2.05) is 30.4 Å². The lowest BCUT2D eigenvalue weighted by molar-refractivity contribution is -0.119. The van der Waals surface area contributed by atoms with Gasteiger partial charge >= 0.3 is 0 Å². The number of aromatic nitrogens is 2. The van der Waals surface area contributed by atoms with Gasteiger partial charge in [0.2, 0.25) is 5.91 Å². The Hall–Kier alpha value is -3.08. The second-order valence-corrected chi connectivity index (χ2v) is 6.75. The van der Waals surface area contributed by atoms with Crippen LogP contribution in [0.3, 0.4) is 0 Å². The second-order valence-electron chi connectivity index (χ2n) is 6.75. The van der Waals surface area contributed by atoms with E-state index in [0.29, 0.717) is 0 Å². The number of allylic oxidation sites excluding steroid dienone is 2. The number of carbonyl (C=O) groups excluding carboxylic acids is 1. The molecule has 1 aliphatic rings. The number of phenols is 1. The maximum atomic E-state index is 11.8. The van der Waals surface area contributed by atoms with Crippen molar-refractivity contribution in [3.63, 3.8) is 0 Å². The maximum Gasteiger partial charge on any atom is 0.217 e. The van der Waals surface area contributed by atoms with Gasteiger partial charge in [0, 0.05) is 29.4 Å². The Labute approximate surface area is 151 Å². The molecule has 0 saturated carbocycles. The van der Waals surface area contributed by atoms with Crippen molar-refractivity contribution in [2.45, 2.75) is 31.7 Å². The van der Waals surface area contributed by atoms with E-state index in [4.69, 9.17) is 4.98 Å². The second kappa shape index (κ2) is 6.02. The molecule has 0 spiro atoms. The van der Waals surface area contributed by atoms with Gasteiger partial charge in [-0.1, -0.05) is 31.2 Å². The molecule has 132 valence electrons. The number of amides is 1. The van der Waals surface area contributed by atoms with E-state index in [-0.39, 0.29) is 17.7 Å². The number of aromatic amines is 1. The van der Waals surface area contributed by atoms with E-state index in [9.17, 15) is 9.90 Å². The first kappa shape index (κ1) is 16.4. The van der Waals surface area contributed by atoms with Crippen molar-refractivity contribution in [3.8, 4) is 5.75 Å². The standard InChI is InChI=1S/C21H21N3O2/c1-3-21(10-5-4-6-18(21)23-13(2)25)20-19-15(9-11-22-20)16-12-14(26)7-8-17(16)24-19/h4-12,18,24,26H,3H2,1-2H3,(H,23,25)/t18?,21-/m1/s1. The Morgan fingerprint density at radius 1 is 1.31 bits per heavy atom. The molecule has 0 bridgehead atoms. The molecule has 26 heavy (non-hydrogen) atoms. The lowest BCUT2D eigenvalue weighted by atomic mass is 9.71. The van der Waals surface area contributed by atoms with E-state index in [0.717, 1.165) is 33.9 Å². The Kier molecular flexibility index (Phi) is 3.80. The Morgan fingerprint density at radius 3 is 2.92 bits per heavy atom. The third kappa shape index (κ3) is 2.39. The lowest BCUT2D eigenvalue weighted by Gasteiger charge is -2.38. The summed E-state index contributed by atoms with van der Waals surface area (Å²) in [6.07, 6.45) is 10.7. The number of H-pyrrole nitrogens is 1. The maximum absolute atomic E-state index is 11.8. The van der Waals surface area contributed by atoms with Crippen molar-refractivity contribution >= 4 is 27.7 Å². The third-order valence-corrected chi connectivity index (χ3v) is 5.25. The number of carbonyl (C=O) groups is 1. The first-order valence-electron chi connectivity index (χ1n) is 8.78. The van der Waals surface area contributed by atoms with Gasteiger partial charge in [-0.3, -0.25) is 9.78 Å². The number of nitrogens with zero attached hydrogens (tertiary/aromatic N) is 1. The van der Waals surface area contributed by atoms with Crippen molar-refractivity contribution in [2.75, 3.05) is 0 Å². The minimum Gasteiger partial charge on any atom is -0.508 e. The predicted octanol–water partition coefficient (Wildman–Crippen LogP) is 3.70. The highest BCUT2D eigenvalue weighted by atomic mass is 16.3. The first-order valence-corrected chi connectivity index (χ1v) is 8.78. The van der Waals surface area contributed by atoms with Crippen molar-refractivity contribution in [3.05, 3.63) is 60.5 Å². The normalized spacial score (nSPS) is 22.2. The Morgan fingerprint density at radius 2 is 2.15 bits per heavy atom. The summed E-state index contributed by atoms with van der Waals surface area (Å²) in [4.78, 5) is 19.9. The summed E-state index contributed by atoms with van der Waals surface area (Å²) in [7, 11) is 0. The molecule has 2 heterocycles. The number of pyridine rings is 1. The fraction of sp³-hybridized carbons (Fsp3) is 0.238. The molecule has 1 unspecified atom stereocenters. The highest BCUT2D eigenvalue weighted by molar-refractivity contribution is 6.08. The first-order chi connectivity index (χ1) is 12.5. The fourth-order valence-electron chi connectivity index (χ4n) is 3.97. The number of aromatic hydroxyl groups is 1. The molecule has 4 rings (SSSR count). The van der Waals surface area contributed by atoms with Gasteiger partial charge < -0.3 is 15.4 Å². The van der Waals surface area contributed by atoms with E-state index in [1.165, 1.54) is 6.92 Å². The van der Waals surface area contributed by atoms with Gasteiger partial charge in [0.25, 0.3) is 0 Å². The van der Waals surface area contributed by atoms with E-state index >= 15 is 0 Å². The zero-order valence-electron chi connectivity index (χ0n) is 14.8. The lowest BCUT2D eigenvalue weighted by Crippen LogP contribution is -2.49. The van der Waals surface area contributed by atoms with E-state index in [2.05, 4.69) is 23.3 Å². The van der Waals surface area contributed by atoms with Crippen LogP contribution in [-0.4, -0.2) is 27.0 Å². The van der Waals surface area contributed by atoms with Crippen LogP contribution in [0.1, 0.15) is 26.0 Å². The van der Waals surface area contributed by atoms with Gasteiger partial charge in [-0.05, 0) is 30.7 Å². The van der Waals surface area contributed by atoms with Crippen molar-refractivity contribution < 1.29 is 9.90 Å². The minimum absolute atomic E-state index is 0.0680. The summed E-state index contributed by atoms with van der Waals surface area (Å²) in [6, 6.07) is 7.08. The molecule has 2 aromatic heterocycles. The zero-order chi connectivity index (χ0) is 18.3. The van der Waals surface area contributed by atoms with E-state index in [1.54, 1.807) is 18.3 Å². The molecule has 1 amide bonds. The van der Waals surface area contributed by atoms with Crippen molar-refractivity contribution in [2.24, 2.45) is 0 Å². The summed E-state index contributed by atoms with van der Waals surface area (Å²) < 4.78 is 0. The molecule has 0 radical (unpaired) electrons. The predicted molar refractivity (Wildman–Crippen MR) is 103 cm³/mol. The van der Waals surface area contributed by atoms with Crippen molar-refractivity contribution in [1.29, 1.82) is 0 Å². The molecule has 0 saturated heterocycles. The number of rotatable bonds is 3. The van der Waals surface area contributed by atoms with Gasteiger partial charge in [0.1, 0.15) is 5.75 Å². The van der Waals surface area contributed by atoms with Crippen LogP contribution in [0.5, 0.6) is 5.75 Å². The number of hydrogen-bond donors (Lipinski definition) is 3. The molecule has 1 aliphatic carbocycles. The number of fused-ring (bicyclic) bond motifs is 3. The van der Waals surface area contributed by atoms with Crippen LogP contribution < -0.4 is 5.32 Å². The van der Waals surface area contributed by atoms with Crippen LogP contribution in [0.2, 0.25) is 0 Å². The van der Waals surface area contributed by atoms with Crippen LogP contribution >= 0.6 is 0 Å². The molecule has 5 heteroatoms. The third-order valence-electron chi connectivity index (χ3n) is 5.25. The van der Waals surface area contributed by atoms with Gasteiger partial charge in [-0.15, -0.1) is 0 Å². The largest absolute Gasteiger partial charge is 0.508 e. The molecule has 3 aromatic rings. The summed E-state index contributed by atoms with van der Waals surface area (Å²) in [5.74, 6) is 0.167. The average molecular weight is 347 g/mol. The average Bonchev–Trinajstić information content (AvgIpc) is 3.00. The molecule has 5 nitrogen and oxygen atoms in total. The fourth-order valence-corrected chi connectivity index (χ4v) is 3.97. The van der Waals surface area contributed by atoms with E-state index < -0.39 is 5.41 Å². The van der Waals surface area contributed by atoms with Gasteiger partial charge in [-0.25, -0.2) is 0 Å². The molecule has 3 N–H and O–H groups in total. The smallest absolute Gasteiger partial charge is 0.217 e. The van der Waals surface area contributed by atoms with Gasteiger partial charge in [0.05, 0.1) is 22.7 Å². The highest BCUT2D eigenvalue weighted by Gasteiger charge is 2.40. The molecular formula is C21H21N3O2. The van der Waals surface area contributed by atoms with Crippen LogP contribution in [0.4, 0.5) is 0 Å².